The first-order chi connectivity index (χ1) is 19.1. The van der Waals surface area contributed by atoms with Crippen LogP contribution in [0.1, 0.15) is 87.1 Å². The molecule has 2 amide bonds. The summed E-state index contributed by atoms with van der Waals surface area (Å²) in [4.78, 5) is 36.6. The SMILES string of the molecule is CCCCCCCCCCCC(=O)NCC(=O)N/N=C/c1ccc(OC(=O)c2cccc3ccccc23)cc1. The van der Waals surface area contributed by atoms with Gasteiger partial charge in [0.25, 0.3) is 5.91 Å². The summed E-state index contributed by atoms with van der Waals surface area (Å²) in [5.74, 6) is -0.540. The number of fused-ring (bicyclic) bond motifs is 1. The lowest BCUT2D eigenvalue weighted by Crippen LogP contribution is -2.34. The Kier molecular flexibility index (Phi) is 12.7. The lowest BCUT2D eigenvalue weighted by molar-refractivity contribution is -0.126. The molecule has 3 aromatic carbocycles. The Balaban J connectivity index is 1.31. The zero-order valence-electron chi connectivity index (χ0n) is 22.8. The standard InChI is InChI=1S/C32H39N3O4/c1-2-3-4-5-6-7-8-9-10-18-30(36)33-24-31(37)35-34-23-25-19-21-27(22-20-25)39-32(38)29-17-13-15-26-14-11-12-16-28(26)29/h11-17,19-23H,2-10,18,24H2,1H3,(H,33,36)(H,35,37)/b34-23+. The molecule has 3 rings (SSSR count). The Hall–Kier alpha value is -4.00. The van der Waals surface area contributed by atoms with Gasteiger partial charge in [0.05, 0.1) is 18.3 Å². The number of hydrogen-bond donors (Lipinski definition) is 2. The number of carbonyl (C=O) groups is 3. The molecule has 2 N–H and O–H groups in total. The summed E-state index contributed by atoms with van der Waals surface area (Å²) in [6, 6.07) is 20.0. The maximum Gasteiger partial charge on any atom is 0.344 e. The van der Waals surface area contributed by atoms with Gasteiger partial charge in [0.1, 0.15) is 5.75 Å². The molecule has 0 atom stereocenters. The van der Waals surface area contributed by atoms with Crippen molar-refractivity contribution in [3.05, 3.63) is 77.9 Å². The van der Waals surface area contributed by atoms with Gasteiger partial charge in [-0.3, -0.25) is 9.59 Å². The van der Waals surface area contributed by atoms with E-state index in [0.29, 0.717) is 17.7 Å². The van der Waals surface area contributed by atoms with Crippen LogP contribution in [0.25, 0.3) is 10.8 Å². The van der Waals surface area contributed by atoms with Gasteiger partial charge in [-0.05, 0) is 53.1 Å². The fourth-order valence-corrected chi connectivity index (χ4v) is 4.27. The van der Waals surface area contributed by atoms with Crippen LogP contribution >= 0.6 is 0 Å². The van der Waals surface area contributed by atoms with Crippen molar-refractivity contribution < 1.29 is 19.1 Å². The van der Waals surface area contributed by atoms with Gasteiger partial charge in [0, 0.05) is 6.42 Å². The summed E-state index contributed by atoms with van der Waals surface area (Å²) in [5, 5.41) is 8.37. The predicted octanol–water partition coefficient (Wildman–Crippen LogP) is 6.55. The second-order valence-electron chi connectivity index (χ2n) is 9.63. The first kappa shape index (κ1) is 29.6. The molecule has 0 unspecified atom stereocenters. The third kappa shape index (κ3) is 10.7. The molecular formula is C32H39N3O4. The maximum absolute atomic E-state index is 12.7. The van der Waals surface area contributed by atoms with Crippen LogP contribution in [0.2, 0.25) is 0 Å². The fourth-order valence-electron chi connectivity index (χ4n) is 4.27. The minimum absolute atomic E-state index is 0.114. The van der Waals surface area contributed by atoms with E-state index >= 15 is 0 Å². The molecule has 0 saturated carbocycles. The Labute approximate surface area is 231 Å². The highest BCUT2D eigenvalue weighted by molar-refractivity contribution is 6.05. The summed E-state index contributed by atoms with van der Waals surface area (Å²) < 4.78 is 5.53. The number of hydrazone groups is 1. The van der Waals surface area contributed by atoms with Crippen LogP contribution in [0.5, 0.6) is 5.75 Å². The lowest BCUT2D eigenvalue weighted by Gasteiger charge is -2.07. The monoisotopic (exact) mass is 529 g/mol. The van der Waals surface area contributed by atoms with Crippen molar-refractivity contribution in [2.45, 2.75) is 71.1 Å². The molecule has 0 saturated heterocycles. The summed E-state index contributed by atoms with van der Waals surface area (Å²) in [7, 11) is 0. The normalized spacial score (nSPS) is 11.0. The van der Waals surface area contributed by atoms with Crippen molar-refractivity contribution >= 4 is 34.8 Å². The molecule has 206 valence electrons. The van der Waals surface area contributed by atoms with Crippen LogP contribution in [-0.2, 0) is 9.59 Å². The number of hydrogen-bond acceptors (Lipinski definition) is 5. The third-order valence-electron chi connectivity index (χ3n) is 6.46. The zero-order valence-corrected chi connectivity index (χ0v) is 22.8. The molecule has 3 aromatic rings. The molecule has 7 nitrogen and oxygen atoms in total. The van der Waals surface area contributed by atoms with Crippen molar-refractivity contribution in [1.82, 2.24) is 10.7 Å². The molecule has 0 fully saturated rings. The first-order valence-corrected chi connectivity index (χ1v) is 14.0. The van der Waals surface area contributed by atoms with Crippen LogP contribution in [0.3, 0.4) is 0 Å². The van der Waals surface area contributed by atoms with Gasteiger partial charge in [-0.15, -0.1) is 0 Å². The van der Waals surface area contributed by atoms with Crippen LogP contribution in [-0.4, -0.2) is 30.5 Å². The summed E-state index contributed by atoms with van der Waals surface area (Å²) in [5.41, 5.74) is 3.63. The smallest absolute Gasteiger partial charge is 0.344 e. The van der Waals surface area contributed by atoms with Crippen LogP contribution in [0.15, 0.2) is 71.8 Å². The Morgan fingerprint density at radius 3 is 2.18 bits per heavy atom. The van der Waals surface area contributed by atoms with Crippen molar-refractivity contribution in [3.8, 4) is 5.75 Å². The third-order valence-corrected chi connectivity index (χ3v) is 6.46. The molecule has 0 heterocycles. The van der Waals surface area contributed by atoms with Gasteiger partial charge < -0.3 is 10.1 Å². The van der Waals surface area contributed by atoms with Crippen LogP contribution in [0, 0.1) is 0 Å². The summed E-state index contributed by atoms with van der Waals surface area (Å²) in [6.07, 6.45) is 12.7. The van der Waals surface area contributed by atoms with Gasteiger partial charge in [-0.1, -0.05) is 94.7 Å². The zero-order chi connectivity index (χ0) is 27.7. The molecule has 0 spiro atoms. The molecule has 39 heavy (non-hydrogen) atoms. The van der Waals surface area contributed by atoms with Gasteiger partial charge in [0.2, 0.25) is 5.91 Å². The topological polar surface area (TPSA) is 96.9 Å². The average Bonchev–Trinajstić information content (AvgIpc) is 2.95. The van der Waals surface area contributed by atoms with E-state index in [4.69, 9.17) is 4.74 Å². The molecular weight excluding hydrogens is 490 g/mol. The van der Waals surface area contributed by atoms with E-state index in [0.717, 1.165) is 35.6 Å². The van der Waals surface area contributed by atoms with Gasteiger partial charge >= 0.3 is 5.97 Å². The largest absolute Gasteiger partial charge is 0.423 e. The number of rotatable bonds is 16. The number of unbranched alkanes of at least 4 members (excludes halogenated alkanes) is 8. The summed E-state index contributed by atoms with van der Waals surface area (Å²) >= 11 is 0. The number of ether oxygens (including phenoxy) is 1. The van der Waals surface area contributed by atoms with E-state index in [1.54, 1.807) is 30.3 Å². The lowest BCUT2D eigenvalue weighted by atomic mass is 10.0. The van der Waals surface area contributed by atoms with Crippen molar-refractivity contribution in [2.75, 3.05) is 6.54 Å². The number of esters is 1. The highest BCUT2D eigenvalue weighted by atomic mass is 16.5. The van der Waals surface area contributed by atoms with E-state index in [2.05, 4.69) is 22.8 Å². The Morgan fingerprint density at radius 2 is 1.44 bits per heavy atom. The summed E-state index contributed by atoms with van der Waals surface area (Å²) in [6.45, 7) is 2.11. The van der Waals surface area contributed by atoms with Gasteiger partial charge in [-0.2, -0.15) is 5.10 Å². The van der Waals surface area contributed by atoms with Crippen molar-refractivity contribution in [2.24, 2.45) is 5.10 Å². The van der Waals surface area contributed by atoms with Crippen LogP contribution < -0.4 is 15.5 Å². The number of amides is 2. The number of nitrogens with one attached hydrogen (secondary N) is 2. The van der Waals surface area contributed by atoms with Gasteiger partial charge in [-0.25, -0.2) is 10.2 Å². The molecule has 0 aliphatic carbocycles. The van der Waals surface area contributed by atoms with E-state index in [1.165, 1.54) is 44.7 Å². The molecule has 0 aliphatic rings. The van der Waals surface area contributed by atoms with E-state index in [1.807, 2.05) is 36.4 Å². The van der Waals surface area contributed by atoms with Crippen molar-refractivity contribution in [3.63, 3.8) is 0 Å². The minimum atomic E-state index is -0.430. The molecule has 7 heteroatoms. The van der Waals surface area contributed by atoms with Crippen LogP contribution in [0.4, 0.5) is 0 Å². The first-order valence-electron chi connectivity index (χ1n) is 14.0. The number of nitrogens with zero attached hydrogens (tertiary/aromatic N) is 1. The fraction of sp³-hybridized carbons (Fsp3) is 0.375. The molecule has 0 radical (unpaired) electrons. The Morgan fingerprint density at radius 1 is 0.769 bits per heavy atom. The maximum atomic E-state index is 12.7. The number of benzene rings is 3. The molecule has 0 aliphatic heterocycles. The quantitative estimate of drug-likeness (QED) is 0.0723. The highest BCUT2D eigenvalue weighted by Crippen LogP contribution is 2.21. The second kappa shape index (κ2) is 16.8. The Bertz CT molecular complexity index is 1230. The number of carbonyl (C=O) groups excluding carboxylic acids is 3. The minimum Gasteiger partial charge on any atom is -0.423 e. The van der Waals surface area contributed by atoms with Crippen molar-refractivity contribution in [1.29, 1.82) is 0 Å². The second-order valence-corrected chi connectivity index (χ2v) is 9.63. The highest BCUT2D eigenvalue weighted by Gasteiger charge is 2.12. The molecule has 0 bridgehead atoms. The average molecular weight is 530 g/mol. The van der Waals surface area contributed by atoms with Gasteiger partial charge in [0.15, 0.2) is 0 Å². The molecule has 0 aromatic heterocycles. The predicted molar refractivity (Wildman–Crippen MR) is 156 cm³/mol. The van der Waals surface area contributed by atoms with E-state index < -0.39 is 11.9 Å². The van der Waals surface area contributed by atoms with E-state index in [-0.39, 0.29) is 12.5 Å². The van der Waals surface area contributed by atoms with E-state index in [9.17, 15) is 14.4 Å².